The number of aromatic amines is 1. The molecule has 0 bridgehead atoms. The van der Waals surface area contributed by atoms with Gasteiger partial charge in [0.25, 0.3) is 0 Å². The maximum absolute atomic E-state index is 12.4. The SMILES string of the molecule is CCCCOc1nc(N)c2[nH]c(=O)n(CCCCCC3CCN(CC(C)C)CC3)c2n1. The van der Waals surface area contributed by atoms with Gasteiger partial charge in [0.2, 0.25) is 0 Å². The minimum atomic E-state index is -0.181. The number of ether oxygens (including phenoxy) is 1. The van der Waals surface area contributed by atoms with E-state index in [1.165, 1.54) is 45.3 Å². The molecule has 2 aromatic heterocycles. The standard InChI is InChI=1S/C23H40N6O2/c1-4-5-15-31-22-26-20(24)19-21(27-22)29(23(30)25-19)12-8-6-7-9-18-10-13-28(14-11-18)16-17(2)3/h17-18H,4-16H2,1-3H3,(H,25,30)(H2,24,26,27). The number of imidazole rings is 1. The Hall–Kier alpha value is -2.09. The van der Waals surface area contributed by atoms with Crippen LogP contribution in [0.1, 0.15) is 72.1 Å². The third-order valence-corrected chi connectivity index (χ3v) is 6.18. The van der Waals surface area contributed by atoms with Gasteiger partial charge in [-0.3, -0.25) is 4.57 Å². The number of hydrogen-bond donors (Lipinski definition) is 2. The molecule has 3 rings (SSSR count). The van der Waals surface area contributed by atoms with Crippen molar-refractivity contribution in [3.05, 3.63) is 10.5 Å². The molecule has 3 heterocycles. The maximum atomic E-state index is 12.4. The van der Waals surface area contributed by atoms with Crippen molar-refractivity contribution >= 4 is 17.0 Å². The number of nitrogens with zero attached hydrogens (tertiary/aromatic N) is 4. The highest BCUT2D eigenvalue weighted by molar-refractivity contribution is 5.81. The summed E-state index contributed by atoms with van der Waals surface area (Å²) < 4.78 is 7.27. The van der Waals surface area contributed by atoms with Gasteiger partial charge >= 0.3 is 11.7 Å². The van der Waals surface area contributed by atoms with Gasteiger partial charge in [-0.15, -0.1) is 0 Å². The second-order valence-corrected chi connectivity index (χ2v) is 9.36. The number of nitrogen functional groups attached to an aromatic ring is 1. The van der Waals surface area contributed by atoms with Gasteiger partial charge in [0.05, 0.1) is 6.61 Å². The highest BCUT2D eigenvalue weighted by atomic mass is 16.5. The molecule has 0 saturated carbocycles. The van der Waals surface area contributed by atoms with Gasteiger partial charge < -0.3 is 20.4 Å². The van der Waals surface area contributed by atoms with Crippen molar-refractivity contribution in [3.63, 3.8) is 0 Å². The van der Waals surface area contributed by atoms with Gasteiger partial charge in [0.1, 0.15) is 5.52 Å². The van der Waals surface area contributed by atoms with Crippen LogP contribution < -0.4 is 16.2 Å². The molecular formula is C23H40N6O2. The Morgan fingerprint density at radius 2 is 1.94 bits per heavy atom. The lowest BCUT2D eigenvalue weighted by Crippen LogP contribution is -2.36. The average Bonchev–Trinajstić information content (AvgIpc) is 3.05. The Bertz CT molecular complexity index is 867. The van der Waals surface area contributed by atoms with Crippen LogP contribution in [0, 0.1) is 11.8 Å². The third-order valence-electron chi connectivity index (χ3n) is 6.18. The number of likely N-dealkylation sites (tertiary alicyclic amines) is 1. The number of hydrogen-bond acceptors (Lipinski definition) is 6. The largest absolute Gasteiger partial charge is 0.463 e. The molecule has 3 N–H and O–H groups in total. The number of piperidine rings is 1. The zero-order valence-electron chi connectivity index (χ0n) is 19.5. The summed E-state index contributed by atoms with van der Waals surface area (Å²) in [4.78, 5) is 26.4. The number of rotatable bonds is 12. The van der Waals surface area contributed by atoms with E-state index in [0.29, 0.717) is 24.3 Å². The normalized spacial score (nSPS) is 15.9. The summed E-state index contributed by atoms with van der Waals surface area (Å²) >= 11 is 0. The van der Waals surface area contributed by atoms with Crippen molar-refractivity contribution in [1.82, 2.24) is 24.4 Å². The number of aromatic nitrogens is 4. The summed E-state index contributed by atoms with van der Waals surface area (Å²) in [6.45, 7) is 11.6. The zero-order chi connectivity index (χ0) is 22.2. The van der Waals surface area contributed by atoms with Gasteiger partial charge in [-0.1, -0.05) is 46.5 Å². The minimum Gasteiger partial charge on any atom is -0.463 e. The van der Waals surface area contributed by atoms with Gasteiger partial charge in [0.15, 0.2) is 11.5 Å². The Labute approximate surface area is 185 Å². The number of H-pyrrole nitrogens is 1. The molecule has 0 aromatic carbocycles. The fraction of sp³-hybridized carbons (Fsp3) is 0.783. The van der Waals surface area contributed by atoms with E-state index in [1.807, 2.05) is 0 Å². The van der Waals surface area contributed by atoms with E-state index in [0.717, 1.165) is 37.5 Å². The predicted molar refractivity (Wildman–Crippen MR) is 125 cm³/mol. The van der Waals surface area contributed by atoms with Crippen molar-refractivity contribution in [3.8, 4) is 6.01 Å². The molecule has 0 aliphatic carbocycles. The van der Waals surface area contributed by atoms with Crippen LogP contribution in [0.3, 0.4) is 0 Å². The molecule has 0 radical (unpaired) electrons. The number of aryl methyl sites for hydroxylation is 1. The molecule has 0 amide bonds. The average molecular weight is 433 g/mol. The summed E-state index contributed by atoms with van der Waals surface area (Å²) in [6.07, 6.45) is 9.19. The van der Waals surface area contributed by atoms with Crippen LogP contribution in [-0.2, 0) is 6.54 Å². The molecule has 1 fully saturated rings. The van der Waals surface area contributed by atoms with E-state index in [4.69, 9.17) is 10.5 Å². The molecule has 2 aromatic rings. The van der Waals surface area contributed by atoms with Crippen LogP contribution in [0.4, 0.5) is 5.82 Å². The summed E-state index contributed by atoms with van der Waals surface area (Å²) in [6, 6.07) is 0.245. The Morgan fingerprint density at radius 3 is 2.65 bits per heavy atom. The summed E-state index contributed by atoms with van der Waals surface area (Å²) in [5, 5.41) is 0. The van der Waals surface area contributed by atoms with E-state index in [-0.39, 0.29) is 17.5 Å². The van der Waals surface area contributed by atoms with Crippen LogP contribution in [0.2, 0.25) is 0 Å². The van der Waals surface area contributed by atoms with Crippen LogP contribution in [0.5, 0.6) is 6.01 Å². The molecule has 0 unspecified atom stereocenters. The lowest BCUT2D eigenvalue weighted by molar-refractivity contribution is 0.162. The fourth-order valence-electron chi connectivity index (χ4n) is 4.46. The predicted octanol–water partition coefficient (Wildman–Crippen LogP) is 3.81. The molecule has 1 saturated heterocycles. The van der Waals surface area contributed by atoms with E-state index < -0.39 is 0 Å². The van der Waals surface area contributed by atoms with Gasteiger partial charge in [-0.2, -0.15) is 9.97 Å². The van der Waals surface area contributed by atoms with Crippen LogP contribution in [0.25, 0.3) is 11.2 Å². The topological polar surface area (TPSA) is 102 Å². The highest BCUT2D eigenvalue weighted by Crippen LogP contribution is 2.24. The quantitative estimate of drug-likeness (QED) is 0.495. The summed E-state index contributed by atoms with van der Waals surface area (Å²) in [5.41, 5.74) is 6.88. The first kappa shape index (κ1) is 23.6. The second-order valence-electron chi connectivity index (χ2n) is 9.36. The third kappa shape index (κ3) is 6.69. The van der Waals surface area contributed by atoms with E-state index >= 15 is 0 Å². The van der Waals surface area contributed by atoms with Gasteiger partial charge in [-0.05, 0) is 50.6 Å². The number of nitrogens with two attached hydrogens (primary N) is 1. The molecule has 0 atom stereocenters. The minimum absolute atomic E-state index is 0.181. The van der Waals surface area contributed by atoms with Crippen molar-refractivity contribution < 1.29 is 4.74 Å². The van der Waals surface area contributed by atoms with Crippen molar-refractivity contribution in [2.75, 3.05) is 32.0 Å². The molecule has 174 valence electrons. The van der Waals surface area contributed by atoms with Crippen molar-refractivity contribution in [2.45, 2.75) is 78.7 Å². The fourth-order valence-corrected chi connectivity index (χ4v) is 4.46. The molecule has 1 aliphatic heterocycles. The Morgan fingerprint density at radius 1 is 1.16 bits per heavy atom. The smallest absolute Gasteiger partial charge is 0.327 e. The van der Waals surface area contributed by atoms with E-state index in [9.17, 15) is 4.79 Å². The monoisotopic (exact) mass is 432 g/mol. The first-order chi connectivity index (χ1) is 15.0. The van der Waals surface area contributed by atoms with Crippen molar-refractivity contribution in [1.29, 1.82) is 0 Å². The van der Waals surface area contributed by atoms with Crippen LogP contribution in [0.15, 0.2) is 4.79 Å². The Balaban J connectivity index is 1.46. The molecule has 31 heavy (non-hydrogen) atoms. The highest BCUT2D eigenvalue weighted by Gasteiger charge is 2.19. The lowest BCUT2D eigenvalue weighted by Gasteiger charge is -2.33. The second kappa shape index (κ2) is 11.5. The molecule has 8 nitrogen and oxygen atoms in total. The number of nitrogens with one attached hydrogen (secondary N) is 1. The van der Waals surface area contributed by atoms with Gasteiger partial charge in [-0.25, -0.2) is 4.79 Å². The van der Waals surface area contributed by atoms with Crippen LogP contribution in [-0.4, -0.2) is 50.7 Å². The molecular weight excluding hydrogens is 392 g/mol. The zero-order valence-corrected chi connectivity index (χ0v) is 19.5. The number of unbranched alkanes of at least 4 members (excludes halogenated alkanes) is 3. The summed E-state index contributed by atoms with van der Waals surface area (Å²) in [7, 11) is 0. The molecule has 0 spiro atoms. The summed E-state index contributed by atoms with van der Waals surface area (Å²) in [5.74, 6) is 1.87. The Kier molecular flexibility index (Phi) is 8.75. The lowest BCUT2D eigenvalue weighted by atomic mass is 9.91. The number of fused-ring (bicyclic) bond motifs is 1. The maximum Gasteiger partial charge on any atom is 0.327 e. The first-order valence-electron chi connectivity index (χ1n) is 12.1. The van der Waals surface area contributed by atoms with E-state index in [1.54, 1.807) is 4.57 Å². The van der Waals surface area contributed by atoms with Crippen molar-refractivity contribution in [2.24, 2.45) is 11.8 Å². The molecule has 8 heteroatoms. The van der Waals surface area contributed by atoms with Crippen LogP contribution >= 0.6 is 0 Å². The van der Waals surface area contributed by atoms with E-state index in [2.05, 4.69) is 40.6 Å². The van der Waals surface area contributed by atoms with Gasteiger partial charge in [0, 0.05) is 13.1 Å². The first-order valence-corrected chi connectivity index (χ1v) is 12.1. The molecule has 1 aliphatic rings. The number of anilines is 1.